The predicted molar refractivity (Wildman–Crippen MR) is 112 cm³/mol. The van der Waals surface area contributed by atoms with Crippen molar-refractivity contribution in [2.75, 3.05) is 33.2 Å². The summed E-state index contributed by atoms with van der Waals surface area (Å²) in [6, 6.07) is 8.62. The van der Waals surface area contributed by atoms with E-state index in [1.807, 2.05) is 6.07 Å². The summed E-state index contributed by atoms with van der Waals surface area (Å²) in [5.41, 5.74) is 1.57. The Bertz CT molecular complexity index is 737. The molecule has 0 radical (unpaired) electrons. The molecule has 0 unspecified atom stereocenters. The van der Waals surface area contributed by atoms with E-state index >= 15 is 0 Å². The highest BCUT2D eigenvalue weighted by molar-refractivity contribution is 14.0. The summed E-state index contributed by atoms with van der Waals surface area (Å²) >= 11 is 0. The van der Waals surface area contributed by atoms with Crippen molar-refractivity contribution in [1.82, 2.24) is 20.3 Å². The van der Waals surface area contributed by atoms with Crippen molar-refractivity contribution in [2.24, 2.45) is 4.99 Å². The van der Waals surface area contributed by atoms with E-state index in [4.69, 9.17) is 4.52 Å². The van der Waals surface area contributed by atoms with Gasteiger partial charge in [-0.3, -0.25) is 9.89 Å². The first-order chi connectivity index (χ1) is 13.2. The second kappa shape index (κ2) is 11.1. The number of hydrogen-bond acceptors (Lipinski definition) is 5. The van der Waals surface area contributed by atoms with Gasteiger partial charge in [0.1, 0.15) is 12.0 Å². The van der Waals surface area contributed by atoms with Crippen LogP contribution in [-0.2, 0) is 13.1 Å². The van der Waals surface area contributed by atoms with Gasteiger partial charge < -0.3 is 19.5 Å². The summed E-state index contributed by atoms with van der Waals surface area (Å²) in [6.45, 7) is 1.64. The Kier molecular flexibility index (Phi) is 8.90. The molecule has 0 bridgehead atoms. The summed E-state index contributed by atoms with van der Waals surface area (Å²) in [4.78, 5) is 8.76. The van der Waals surface area contributed by atoms with Gasteiger partial charge in [0.2, 0.25) is 0 Å². The highest BCUT2D eigenvalue weighted by Crippen LogP contribution is 2.20. The molecule has 1 aromatic carbocycles. The number of aromatic nitrogens is 1. The Labute approximate surface area is 179 Å². The lowest BCUT2D eigenvalue weighted by Gasteiger charge is -2.36. The van der Waals surface area contributed by atoms with Crippen LogP contribution in [-0.4, -0.2) is 60.8 Å². The number of benzene rings is 1. The van der Waals surface area contributed by atoms with Crippen molar-refractivity contribution >= 4 is 29.9 Å². The zero-order valence-corrected chi connectivity index (χ0v) is 17.9. The number of nitrogens with one attached hydrogen (secondary N) is 1. The number of alkyl halides is 2. The molecule has 2 heterocycles. The van der Waals surface area contributed by atoms with Crippen molar-refractivity contribution in [2.45, 2.75) is 19.7 Å². The van der Waals surface area contributed by atoms with Crippen molar-refractivity contribution in [3.8, 4) is 5.75 Å². The second-order valence-electron chi connectivity index (χ2n) is 6.14. The summed E-state index contributed by atoms with van der Waals surface area (Å²) < 4.78 is 34.5. The van der Waals surface area contributed by atoms with E-state index < -0.39 is 6.61 Å². The summed E-state index contributed by atoms with van der Waals surface area (Å²) in [5, 5.41) is 7.18. The van der Waals surface area contributed by atoms with Gasteiger partial charge in [-0.15, -0.1) is 24.0 Å². The average molecular weight is 507 g/mol. The number of halogens is 3. The van der Waals surface area contributed by atoms with Gasteiger partial charge in [0.25, 0.3) is 0 Å². The van der Waals surface area contributed by atoms with E-state index in [1.165, 1.54) is 6.07 Å². The van der Waals surface area contributed by atoms with Crippen molar-refractivity contribution < 1.29 is 18.0 Å². The number of nitrogens with zero attached hydrogens (tertiary/aromatic N) is 4. The maximum Gasteiger partial charge on any atom is 0.387 e. The van der Waals surface area contributed by atoms with Gasteiger partial charge in [-0.05, 0) is 6.07 Å². The molecule has 0 amide bonds. The standard InChI is InChI=1S/C18H23F2N5O2.HI/c1-21-18(22-12-14-4-2-3-5-16(14)27-17(19)20)25-9-7-24(8-10-25)13-15-6-11-26-23-15;/h2-6,11,17H,7-10,12-13H2,1H3,(H,21,22);1H. The SMILES string of the molecule is CN=C(NCc1ccccc1OC(F)F)N1CCN(Cc2ccon2)CC1.I. The monoisotopic (exact) mass is 507 g/mol. The maximum atomic E-state index is 12.5. The molecule has 3 rings (SSSR count). The maximum absolute atomic E-state index is 12.5. The van der Waals surface area contributed by atoms with Crippen LogP contribution < -0.4 is 10.1 Å². The molecule has 1 aromatic heterocycles. The molecule has 0 saturated carbocycles. The summed E-state index contributed by atoms with van der Waals surface area (Å²) in [7, 11) is 1.71. The molecule has 10 heteroatoms. The Balaban J connectivity index is 0.00000280. The smallest absolute Gasteiger partial charge is 0.387 e. The zero-order valence-electron chi connectivity index (χ0n) is 15.6. The highest BCUT2D eigenvalue weighted by atomic mass is 127. The van der Waals surface area contributed by atoms with Crippen LogP contribution in [0.2, 0.25) is 0 Å². The lowest BCUT2D eigenvalue weighted by molar-refractivity contribution is -0.0504. The van der Waals surface area contributed by atoms with E-state index in [1.54, 1.807) is 31.5 Å². The van der Waals surface area contributed by atoms with Crippen molar-refractivity contribution in [3.63, 3.8) is 0 Å². The van der Waals surface area contributed by atoms with Gasteiger partial charge in [0.15, 0.2) is 5.96 Å². The highest BCUT2D eigenvalue weighted by Gasteiger charge is 2.20. The van der Waals surface area contributed by atoms with Crippen molar-refractivity contribution in [3.05, 3.63) is 47.9 Å². The zero-order chi connectivity index (χ0) is 19.1. The number of aliphatic imine (C=N–C) groups is 1. The normalized spacial score (nSPS) is 15.4. The Morgan fingerprint density at radius 3 is 2.64 bits per heavy atom. The van der Waals surface area contributed by atoms with Gasteiger partial charge >= 0.3 is 6.61 Å². The summed E-state index contributed by atoms with van der Waals surface area (Å²) in [6.07, 6.45) is 1.58. The van der Waals surface area contributed by atoms with E-state index in [2.05, 4.69) is 30.0 Å². The molecule has 28 heavy (non-hydrogen) atoms. The van der Waals surface area contributed by atoms with Gasteiger partial charge in [0, 0.05) is 57.9 Å². The number of rotatable bonds is 6. The third-order valence-electron chi connectivity index (χ3n) is 4.39. The van der Waals surface area contributed by atoms with Crippen LogP contribution in [0.25, 0.3) is 0 Å². The van der Waals surface area contributed by atoms with Gasteiger partial charge in [-0.25, -0.2) is 0 Å². The number of piperazine rings is 1. The molecule has 1 N–H and O–H groups in total. The molecule has 2 aromatic rings. The molecule has 1 saturated heterocycles. The van der Waals surface area contributed by atoms with Crippen LogP contribution in [0.5, 0.6) is 5.75 Å². The van der Waals surface area contributed by atoms with E-state index in [0.29, 0.717) is 12.1 Å². The molecular weight excluding hydrogens is 483 g/mol. The minimum Gasteiger partial charge on any atom is -0.434 e. The third kappa shape index (κ3) is 6.30. The largest absolute Gasteiger partial charge is 0.434 e. The first-order valence-corrected chi connectivity index (χ1v) is 8.75. The van der Waals surface area contributed by atoms with E-state index in [-0.39, 0.29) is 29.7 Å². The molecule has 0 spiro atoms. The lowest BCUT2D eigenvalue weighted by atomic mass is 10.2. The minimum atomic E-state index is -2.84. The number of guanidine groups is 1. The fraction of sp³-hybridized carbons (Fsp3) is 0.444. The molecular formula is C18H24F2IN5O2. The molecule has 1 aliphatic rings. The molecule has 1 aliphatic heterocycles. The predicted octanol–water partition coefficient (Wildman–Crippen LogP) is 2.79. The number of ether oxygens (including phenoxy) is 1. The minimum absolute atomic E-state index is 0. The Hall–Kier alpha value is -1.95. The molecule has 0 aliphatic carbocycles. The van der Waals surface area contributed by atoms with Crippen molar-refractivity contribution in [1.29, 1.82) is 0 Å². The van der Waals surface area contributed by atoms with E-state index in [9.17, 15) is 8.78 Å². The van der Waals surface area contributed by atoms with E-state index in [0.717, 1.165) is 44.4 Å². The first kappa shape index (κ1) is 22.3. The van der Waals surface area contributed by atoms with Crippen LogP contribution in [0.15, 0.2) is 46.1 Å². The molecule has 7 nitrogen and oxygen atoms in total. The second-order valence-corrected chi connectivity index (χ2v) is 6.14. The van der Waals surface area contributed by atoms with Crippen LogP contribution in [0.4, 0.5) is 8.78 Å². The number of hydrogen-bond donors (Lipinski definition) is 1. The van der Waals surface area contributed by atoms with Gasteiger partial charge in [-0.2, -0.15) is 8.78 Å². The fourth-order valence-corrected chi connectivity index (χ4v) is 3.03. The van der Waals surface area contributed by atoms with Gasteiger partial charge in [-0.1, -0.05) is 23.4 Å². The fourth-order valence-electron chi connectivity index (χ4n) is 3.03. The van der Waals surface area contributed by atoms with Crippen LogP contribution in [0.3, 0.4) is 0 Å². The number of para-hydroxylation sites is 1. The quantitative estimate of drug-likeness (QED) is 0.369. The van der Waals surface area contributed by atoms with Gasteiger partial charge in [0.05, 0.1) is 5.69 Å². The average Bonchev–Trinajstić information content (AvgIpc) is 3.17. The topological polar surface area (TPSA) is 66.1 Å². The van der Waals surface area contributed by atoms with Crippen LogP contribution in [0, 0.1) is 0 Å². The lowest BCUT2D eigenvalue weighted by Crippen LogP contribution is -2.52. The summed E-state index contributed by atoms with van der Waals surface area (Å²) in [5.74, 6) is 0.913. The Morgan fingerprint density at radius 2 is 2.00 bits per heavy atom. The third-order valence-corrected chi connectivity index (χ3v) is 4.39. The van der Waals surface area contributed by atoms with Crippen LogP contribution in [0.1, 0.15) is 11.3 Å². The first-order valence-electron chi connectivity index (χ1n) is 8.75. The Morgan fingerprint density at radius 1 is 1.25 bits per heavy atom. The van der Waals surface area contributed by atoms with Crippen LogP contribution >= 0.6 is 24.0 Å². The molecule has 1 fully saturated rings. The molecule has 154 valence electrons. The molecule has 0 atom stereocenters.